The Bertz CT molecular complexity index is 770. The number of amides is 1. The molecule has 1 aliphatic carbocycles. The second-order valence-corrected chi connectivity index (χ2v) is 8.64. The highest BCUT2D eigenvalue weighted by molar-refractivity contribution is 8.00. The Hall–Kier alpha value is -1.86. The maximum Gasteiger partial charge on any atom is 0.233 e. The van der Waals surface area contributed by atoms with E-state index in [2.05, 4.69) is 32.2 Å². The number of hydrogen-bond donors (Lipinski definition) is 1. The average Bonchev–Trinajstić information content (AvgIpc) is 3.25. The molecule has 2 atom stereocenters. The van der Waals surface area contributed by atoms with E-state index in [1.54, 1.807) is 0 Å². The van der Waals surface area contributed by atoms with Crippen LogP contribution in [0.1, 0.15) is 49.9 Å². The first kappa shape index (κ1) is 18.5. The fourth-order valence-electron chi connectivity index (χ4n) is 3.32. The van der Waals surface area contributed by atoms with Crippen molar-refractivity contribution < 1.29 is 9.53 Å². The first-order valence-electron chi connectivity index (χ1n) is 9.73. The fourth-order valence-corrected chi connectivity index (χ4v) is 4.20. The minimum Gasteiger partial charge on any atom is -0.376 e. The summed E-state index contributed by atoms with van der Waals surface area (Å²) in [5, 5.41) is 12.4. The summed E-state index contributed by atoms with van der Waals surface area (Å²) in [4.78, 5) is 12.5. The van der Waals surface area contributed by atoms with Crippen molar-refractivity contribution in [2.45, 2.75) is 61.6 Å². The molecule has 4 rings (SSSR count). The smallest absolute Gasteiger partial charge is 0.233 e. The van der Waals surface area contributed by atoms with Crippen molar-refractivity contribution >= 4 is 17.7 Å². The molecule has 7 heteroatoms. The minimum absolute atomic E-state index is 0.0257. The molecule has 2 fully saturated rings. The molecule has 1 aliphatic heterocycles. The van der Waals surface area contributed by atoms with Crippen molar-refractivity contribution in [2.75, 3.05) is 13.2 Å². The molecule has 0 radical (unpaired) electrons. The van der Waals surface area contributed by atoms with Crippen molar-refractivity contribution in [3.8, 4) is 0 Å². The van der Waals surface area contributed by atoms with Crippen LogP contribution in [0, 0.1) is 0 Å². The lowest BCUT2D eigenvalue weighted by Gasteiger charge is -2.15. The van der Waals surface area contributed by atoms with Gasteiger partial charge in [-0.15, -0.1) is 10.2 Å². The summed E-state index contributed by atoms with van der Waals surface area (Å²) in [5.41, 5.74) is 1.22. The predicted octanol–water partition coefficient (Wildman–Crippen LogP) is 2.98. The Labute approximate surface area is 164 Å². The number of nitrogens with zero attached hydrogens (tertiary/aromatic N) is 3. The highest BCUT2D eigenvalue weighted by Crippen LogP contribution is 2.40. The highest BCUT2D eigenvalue weighted by atomic mass is 32.2. The Kier molecular flexibility index (Phi) is 5.78. The molecule has 1 saturated heterocycles. The second-order valence-electron chi connectivity index (χ2n) is 7.33. The summed E-state index contributed by atoms with van der Waals surface area (Å²) in [6, 6.07) is 10.3. The van der Waals surface area contributed by atoms with Gasteiger partial charge in [0.1, 0.15) is 5.82 Å². The highest BCUT2D eigenvalue weighted by Gasteiger charge is 2.31. The van der Waals surface area contributed by atoms with Gasteiger partial charge in [-0.25, -0.2) is 0 Å². The SMILES string of the molecule is C[C@H](Sc1nnc(C2CC2)n1Cc1ccccc1)C(=O)NC[C@@H]1CCCO1. The van der Waals surface area contributed by atoms with Gasteiger partial charge in [-0.3, -0.25) is 4.79 Å². The van der Waals surface area contributed by atoms with Crippen LogP contribution in [0.3, 0.4) is 0 Å². The quantitative estimate of drug-likeness (QED) is 0.707. The van der Waals surface area contributed by atoms with Crippen LogP contribution in [0.15, 0.2) is 35.5 Å². The van der Waals surface area contributed by atoms with Crippen LogP contribution in [0.5, 0.6) is 0 Å². The van der Waals surface area contributed by atoms with E-state index in [9.17, 15) is 4.79 Å². The zero-order valence-corrected chi connectivity index (χ0v) is 16.5. The number of carbonyl (C=O) groups excluding carboxylic acids is 1. The summed E-state index contributed by atoms with van der Waals surface area (Å²) in [6.07, 6.45) is 4.62. The monoisotopic (exact) mass is 386 g/mol. The number of carbonyl (C=O) groups is 1. The number of ether oxygens (including phenoxy) is 1. The lowest BCUT2D eigenvalue weighted by molar-refractivity contribution is -0.120. The molecule has 2 aromatic rings. The van der Waals surface area contributed by atoms with E-state index in [0.717, 1.165) is 37.0 Å². The molecule has 1 saturated carbocycles. The first-order chi connectivity index (χ1) is 13.2. The number of benzene rings is 1. The second kappa shape index (κ2) is 8.44. The molecular formula is C20H26N4O2S. The van der Waals surface area contributed by atoms with Gasteiger partial charge in [-0.2, -0.15) is 0 Å². The van der Waals surface area contributed by atoms with E-state index >= 15 is 0 Å². The van der Waals surface area contributed by atoms with Crippen LogP contribution in [-0.4, -0.2) is 45.2 Å². The molecule has 0 bridgehead atoms. The molecule has 1 aromatic carbocycles. The normalized spacial score (nSPS) is 20.6. The topological polar surface area (TPSA) is 69.0 Å². The Morgan fingerprint density at radius 3 is 2.81 bits per heavy atom. The van der Waals surface area contributed by atoms with Gasteiger partial charge in [-0.1, -0.05) is 42.1 Å². The van der Waals surface area contributed by atoms with Gasteiger partial charge in [0.25, 0.3) is 0 Å². The van der Waals surface area contributed by atoms with Gasteiger partial charge < -0.3 is 14.6 Å². The zero-order valence-electron chi connectivity index (χ0n) is 15.6. The van der Waals surface area contributed by atoms with Crippen molar-refractivity contribution in [2.24, 2.45) is 0 Å². The minimum atomic E-state index is -0.225. The predicted molar refractivity (Wildman–Crippen MR) is 105 cm³/mol. The summed E-state index contributed by atoms with van der Waals surface area (Å²) < 4.78 is 7.76. The Morgan fingerprint density at radius 2 is 2.11 bits per heavy atom. The maximum absolute atomic E-state index is 12.5. The molecule has 0 spiro atoms. The molecule has 1 amide bonds. The third-order valence-corrected chi connectivity index (χ3v) is 6.13. The number of rotatable bonds is 8. The maximum atomic E-state index is 12.5. The summed E-state index contributed by atoms with van der Waals surface area (Å²) >= 11 is 1.48. The summed E-state index contributed by atoms with van der Waals surface area (Å²) in [6.45, 7) is 4.06. The molecule has 6 nitrogen and oxygen atoms in total. The fraction of sp³-hybridized carbons (Fsp3) is 0.550. The van der Waals surface area contributed by atoms with Crippen LogP contribution < -0.4 is 5.32 Å². The van der Waals surface area contributed by atoms with Crippen molar-refractivity contribution in [1.82, 2.24) is 20.1 Å². The van der Waals surface area contributed by atoms with E-state index in [1.165, 1.54) is 30.2 Å². The Morgan fingerprint density at radius 1 is 1.30 bits per heavy atom. The van der Waals surface area contributed by atoms with Gasteiger partial charge in [0, 0.05) is 19.1 Å². The van der Waals surface area contributed by atoms with E-state index in [1.807, 2.05) is 25.1 Å². The van der Waals surface area contributed by atoms with Crippen LogP contribution in [0.2, 0.25) is 0 Å². The van der Waals surface area contributed by atoms with Gasteiger partial charge in [0.05, 0.1) is 17.9 Å². The number of hydrogen-bond acceptors (Lipinski definition) is 5. The largest absolute Gasteiger partial charge is 0.376 e. The van der Waals surface area contributed by atoms with E-state index in [-0.39, 0.29) is 17.3 Å². The molecule has 27 heavy (non-hydrogen) atoms. The number of thioether (sulfide) groups is 1. The van der Waals surface area contributed by atoms with Crippen LogP contribution in [0.4, 0.5) is 0 Å². The lowest BCUT2D eigenvalue weighted by Crippen LogP contribution is -2.36. The van der Waals surface area contributed by atoms with E-state index < -0.39 is 0 Å². The molecule has 1 aromatic heterocycles. The van der Waals surface area contributed by atoms with Gasteiger partial charge in [0.2, 0.25) is 5.91 Å². The molecule has 2 aliphatic rings. The van der Waals surface area contributed by atoms with Gasteiger partial charge >= 0.3 is 0 Å². The Balaban J connectivity index is 1.42. The third kappa shape index (κ3) is 4.71. The zero-order chi connectivity index (χ0) is 18.6. The first-order valence-corrected chi connectivity index (χ1v) is 10.6. The number of aromatic nitrogens is 3. The molecule has 1 N–H and O–H groups in total. The number of nitrogens with one attached hydrogen (secondary N) is 1. The molecule has 2 heterocycles. The van der Waals surface area contributed by atoms with Crippen LogP contribution >= 0.6 is 11.8 Å². The van der Waals surface area contributed by atoms with Crippen LogP contribution in [-0.2, 0) is 16.1 Å². The van der Waals surface area contributed by atoms with Crippen molar-refractivity contribution in [3.05, 3.63) is 41.7 Å². The van der Waals surface area contributed by atoms with Crippen LogP contribution in [0.25, 0.3) is 0 Å². The molecule has 0 unspecified atom stereocenters. The van der Waals surface area contributed by atoms with E-state index in [0.29, 0.717) is 12.5 Å². The molecular weight excluding hydrogens is 360 g/mol. The van der Waals surface area contributed by atoms with Gasteiger partial charge in [-0.05, 0) is 38.2 Å². The van der Waals surface area contributed by atoms with Crippen molar-refractivity contribution in [1.29, 1.82) is 0 Å². The lowest BCUT2D eigenvalue weighted by atomic mass is 10.2. The summed E-state index contributed by atoms with van der Waals surface area (Å²) in [7, 11) is 0. The standard InChI is InChI=1S/C20H26N4O2S/c1-14(19(25)21-12-17-8-5-11-26-17)27-20-23-22-18(16-9-10-16)24(20)13-15-6-3-2-4-7-15/h2-4,6-7,14,16-17H,5,8-13H2,1H3,(H,21,25)/t14-,17-/m0/s1. The average molecular weight is 387 g/mol. The third-order valence-electron chi connectivity index (χ3n) is 5.05. The summed E-state index contributed by atoms with van der Waals surface area (Å²) in [5.74, 6) is 1.59. The van der Waals surface area contributed by atoms with E-state index in [4.69, 9.17) is 4.74 Å². The van der Waals surface area contributed by atoms with Crippen molar-refractivity contribution in [3.63, 3.8) is 0 Å². The molecule has 144 valence electrons. The van der Waals surface area contributed by atoms with Gasteiger partial charge in [0.15, 0.2) is 5.16 Å².